The Bertz CT molecular complexity index is 1110. The number of esters is 1. The van der Waals surface area contributed by atoms with Crippen molar-refractivity contribution in [3.8, 4) is 11.3 Å². The second kappa shape index (κ2) is 9.55. The van der Waals surface area contributed by atoms with Gasteiger partial charge in [-0.1, -0.05) is 20.8 Å². The van der Waals surface area contributed by atoms with Gasteiger partial charge in [0.2, 0.25) is 0 Å². The first-order valence-corrected chi connectivity index (χ1v) is 10.1. The number of carbonyl (C=O) groups excluding carboxylic acids is 2. The Balaban J connectivity index is 1.95. The van der Waals surface area contributed by atoms with Crippen molar-refractivity contribution in [3.05, 3.63) is 47.5 Å². The summed E-state index contributed by atoms with van der Waals surface area (Å²) in [6.45, 7) is 8.01. The summed E-state index contributed by atoms with van der Waals surface area (Å²) in [5.74, 6) is -0.833. The van der Waals surface area contributed by atoms with Gasteiger partial charge in [-0.3, -0.25) is 5.32 Å². The van der Waals surface area contributed by atoms with Crippen LogP contribution in [0, 0.1) is 11.7 Å². The van der Waals surface area contributed by atoms with Gasteiger partial charge in [0, 0.05) is 23.0 Å². The molecule has 0 aliphatic rings. The van der Waals surface area contributed by atoms with Gasteiger partial charge in [-0.15, -0.1) is 0 Å². The number of nitrogens with one attached hydrogen (secondary N) is 1. The summed E-state index contributed by atoms with van der Waals surface area (Å²) in [6, 6.07) is 7.36. The lowest BCUT2D eigenvalue weighted by Crippen LogP contribution is -2.16. The maximum Gasteiger partial charge on any atom is 0.411 e. The first kappa shape index (κ1) is 22.2. The lowest BCUT2D eigenvalue weighted by atomic mass is 10.1. The molecule has 0 saturated carbocycles. The predicted octanol–water partition coefficient (Wildman–Crippen LogP) is 4.48. The molecule has 0 saturated heterocycles. The number of aryl methyl sites for hydroxylation is 1. The molecule has 3 aromatic rings. The van der Waals surface area contributed by atoms with Gasteiger partial charge in [-0.05, 0) is 43.5 Å². The number of ether oxygens (including phenoxy) is 2. The Morgan fingerprint density at radius 2 is 1.94 bits per heavy atom. The van der Waals surface area contributed by atoms with Gasteiger partial charge in [0.15, 0.2) is 11.3 Å². The Labute approximate surface area is 179 Å². The zero-order chi connectivity index (χ0) is 22.5. The Morgan fingerprint density at radius 3 is 2.61 bits per heavy atom. The van der Waals surface area contributed by atoms with Gasteiger partial charge < -0.3 is 9.47 Å². The smallest absolute Gasteiger partial charge is 0.411 e. The third-order valence-corrected chi connectivity index (χ3v) is 4.38. The molecule has 0 aliphatic heterocycles. The SMILES string of the molecule is CCOC(=O)c1cc(CC)n2nc(-c3cc(NC(=O)OCC(C)C)ccc3F)cc2n1. The predicted molar refractivity (Wildman–Crippen MR) is 114 cm³/mol. The second-order valence-electron chi connectivity index (χ2n) is 7.32. The molecule has 0 radical (unpaired) electrons. The molecule has 0 unspecified atom stereocenters. The lowest BCUT2D eigenvalue weighted by Gasteiger charge is -2.10. The second-order valence-corrected chi connectivity index (χ2v) is 7.32. The molecule has 0 spiro atoms. The van der Waals surface area contributed by atoms with Gasteiger partial charge in [0.25, 0.3) is 0 Å². The summed E-state index contributed by atoms with van der Waals surface area (Å²) in [5.41, 5.74) is 2.17. The fraction of sp³-hybridized carbons (Fsp3) is 0.364. The molecule has 0 atom stereocenters. The van der Waals surface area contributed by atoms with E-state index in [4.69, 9.17) is 9.47 Å². The van der Waals surface area contributed by atoms with E-state index in [1.54, 1.807) is 23.6 Å². The summed E-state index contributed by atoms with van der Waals surface area (Å²) in [5, 5.41) is 7.05. The standard InChI is InChI=1S/C22H25FN4O4/c1-5-15-10-19(21(28)30-6-2)25-20-11-18(26-27(15)20)16-9-14(7-8-17(16)23)24-22(29)31-12-13(3)4/h7-11,13H,5-6,12H2,1-4H3,(H,24,29). The molecule has 31 heavy (non-hydrogen) atoms. The highest BCUT2D eigenvalue weighted by atomic mass is 19.1. The van der Waals surface area contributed by atoms with E-state index in [9.17, 15) is 14.0 Å². The molecule has 1 N–H and O–H groups in total. The van der Waals surface area contributed by atoms with E-state index in [1.807, 2.05) is 20.8 Å². The highest BCUT2D eigenvalue weighted by Crippen LogP contribution is 2.27. The number of rotatable bonds is 7. The molecule has 8 nitrogen and oxygen atoms in total. The van der Waals surface area contributed by atoms with Gasteiger partial charge in [0.05, 0.1) is 18.9 Å². The maximum atomic E-state index is 14.6. The highest BCUT2D eigenvalue weighted by molar-refractivity contribution is 5.88. The molecule has 1 aromatic carbocycles. The zero-order valence-electron chi connectivity index (χ0n) is 17.9. The van der Waals surface area contributed by atoms with Crippen molar-refractivity contribution >= 4 is 23.4 Å². The van der Waals surface area contributed by atoms with E-state index in [2.05, 4.69) is 15.4 Å². The van der Waals surface area contributed by atoms with Crippen molar-refractivity contribution in [1.82, 2.24) is 14.6 Å². The topological polar surface area (TPSA) is 94.8 Å². The number of fused-ring (bicyclic) bond motifs is 1. The minimum Gasteiger partial charge on any atom is -0.461 e. The molecule has 0 bridgehead atoms. The first-order valence-electron chi connectivity index (χ1n) is 10.1. The van der Waals surface area contributed by atoms with Crippen LogP contribution < -0.4 is 5.32 Å². The Hall–Kier alpha value is -3.49. The van der Waals surface area contributed by atoms with Crippen LogP contribution in [-0.4, -0.2) is 39.9 Å². The highest BCUT2D eigenvalue weighted by Gasteiger charge is 2.17. The number of nitrogens with zero attached hydrogens (tertiary/aromatic N) is 3. The monoisotopic (exact) mass is 428 g/mol. The van der Waals surface area contributed by atoms with Crippen LogP contribution in [0.15, 0.2) is 30.3 Å². The van der Waals surface area contributed by atoms with E-state index in [1.165, 1.54) is 18.2 Å². The van der Waals surface area contributed by atoms with Crippen molar-refractivity contribution in [2.75, 3.05) is 18.5 Å². The largest absolute Gasteiger partial charge is 0.461 e. The summed E-state index contributed by atoms with van der Waals surface area (Å²) in [4.78, 5) is 28.3. The average Bonchev–Trinajstić information content (AvgIpc) is 3.17. The fourth-order valence-electron chi connectivity index (χ4n) is 2.93. The number of hydrogen-bond acceptors (Lipinski definition) is 6. The van der Waals surface area contributed by atoms with E-state index in [-0.39, 0.29) is 30.4 Å². The molecule has 2 heterocycles. The van der Waals surface area contributed by atoms with E-state index < -0.39 is 17.9 Å². The molecule has 0 fully saturated rings. The molecular formula is C22H25FN4O4. The summed E-state index contributed by atoms with van der Waals surface area (Å²) in [6.07, 6.45) is -0.0338. The first-order chi connectivity index (χ1) is 14.8. The van der Waals surface area contributed by atoms with Crippen LogP contribution in [-0.2, 0) is 15.9 Å². The van der Waals surface area contributed by atoms with Crippen molar-refractivity contribution in [3.63, 3.8) is 0 Å². The Morgan fingerprint density at radius 1 is 1.16 bits per heavy atom. The number of hydrogen-bond donors (Lipinski definition) is 1. The number of carbonyl (C=O) groups is 2. The van der Waals surface area contributed by atoms with E-state index in [0.29, 0.717) is 23.4 Å². The number of halogens is 1. The van der Waals surface area contributed by atoms with Gasteiger partial charge in [-0.2, -0.15) is 5.10 Å². The minimum atomic E-state index is -0.615. The molecule has 3 rings (SSSR count). The molecule has 0 aliphatic carbocycles. The summed E-state index contributed by atoms with van der Waals surface area (Å²) < 4.78 is 26.3. The van der Waals surface area contributed by atoms with Gasteiger partial charge in [0.1, 0.15) is 5.82 Å². The summed E-state index contributed by atoms with van der Waals surface area (Å²) >= 11 is 0. The third-order valence-electron chi connectivity index (χ3n) is 4.38. The lowest BCUT2D eigenvalue weighted by molar-refractivity contribution is 0.0519. The van der Waals surface area contributed by atoms with Crippen LogP contribution in [0.5, 0.6) is 0 Å². The van der Waals surface area contributed by atoms with Crippen LogP contribution in [0.1, 0.15) is 43.9 Å². The van der Waals surface area contributed by atoms with E-state index in [0.717, 1.165) is 5.69 Å². The van der Waals surface area contributed by atoms with Crippen molar-refractivity contribution < 1.29 is 23.5 Å². The number of anilines is 1. The zero-order valence-corrected chi connectivity index (χ0v) is 17.9. The fourth-order valence-corrected chi connectivity index (χ4v) is 2.93. The average molecular weight is 428 g/mol. The van der Waals surface area contributed by atoms with Crippen LogP contribution in [0.4, 0.5) is 14.9 Å². The number of benzene rings is 1. The minimum absolute atomic E-state index is 0.168. The molecule has 9 heteroatoms. The quantitative estimate of drug-likeness (QED) is 0.558. The Kier molecular flexibility index (Phi) is 6.84. The van der Waals surface area contributed by atoms with Crippen LogP contribution in [0.2, 0.25) is 0 Å². The van der Waals surface area contributed by atoms with Crippen LogP contribution >= 0.6 is 0 Å². The van der Waals surface area contributed by atoms with Crippen LogP contribution in [0.3, 0.4) is 0 Å². The van der Waals surface area contributed by atoms with Crippen molar-refractivity contribution in [2.24, 2.45) is 5.92 Å². The maximum absolute atomic E-state index is 14.6. The normalized spacial score (nSPS) is 11.0. The van der Waals surface area contributed by atoms with Crippen molar-refractivity contribution in [2.45, 2.75) is 34.1 Å². The molecule has 2 aromatic heterocycles. The van der Waals surface area contributed by atoms with Gasteiger partial charge >= 0.3 is 12.1 Å². The third kappa shape index (κ3) is 5.17. The van der Waals surface area contributed by atoms with Crippen LogP contribution in [0.25, 0.3) is 16.9 Å². The molecular weight excluding hydrogens is 403 g/mol. The van der Waals surface area contributed by atoms with E-state index >= 15 is 0 Å². The molecule has 164 valence electrons. The number of amides is 1. The summed E-state index contributed by atoms with van der Waals surface area (Å²) in [7, 11) is 0. The van der Waals surface area contributed by atoms with Crippen molar-refractivity contribution in [1.29, 1.82) is 0 Å². The number of aromatic nitrogens is 3. The molecule has 1 amide bonds. The van der Waals surface area contributed by atoms with Gasteiger partial charge in [-0.25, -0.2) is 23.5 Å².